The largest absolute Gasteiger partial charge is 0.447 e. The zero-order chi connectivity index (χ0) is 12.5. The van der Waals surface area contributed by atoms with E-state index in [1.165, 1.54) is 4.90 Å². The molecule has 92 valence electrons. The summed E-state index contributed by atoms with van der Waals surface area (Å²) in [5, 5.41) is 0. The normalized spacial score (nSPS) is 23.2. The number of cyclic esters (lactones) is 1. The van der Waals surface area contributed by atoms with Gasteiger partial charge in [0.05, 0.1) is 6.04 Å². The molecule has 0 N–H and O–H groups in total. The summed E-state index contributed by atoms with van der Waals surface area (Å²) in [5.74, 6) is -0.250. The van der Waals surface area contributed by atoms with Crippen molar-refractivity contribution in [2.24, 2.45) is 11.3 Å². The summed E-state index contributed by atoms with van der Waals surface area (Å²) in [6.07, 6.45) is 0.240. The average molecular weight is 227 g/mol. The second kappa shape index (κ2) is 4.44. The summed E-state index contributed by atoms with van der Waals surface area (Å²) in [6.45, 7) is 10.1. The van der Waals surface area contributed by atoms with E-state index >= 15 is 0 Å². The predicted octanol–water partition coefficient (Wildman–Crippen LogP) is 2.43. The van der Waals surface area contributed by atoms with Crippen molar-refractivity contribution in [2.45, 2.75) is 47.1 Å². The fourth-order valence-corrected chi connectivity index (χ4v) is 1.71. The van der Waals surface area contributed by atoms with E-state index in [0.717, 1.165) is 6.42 Å². The highest BCUT2D eigenvalue weighted by molar-refractivity contribution is 5.94. The van der Waals surface area contributed by atoms with Gasteiger partial charge in [-0.1, -0.05) is 34.6 Å². The Morgan fingerprint density at radius 1 is 1.56 bits per heavy atom. The van der Waals surface area contributed by atoms with E-state index in [4.69, 9.17) is 4.74 Å². The molecule has 1 aliphatic rings. The van der Waals surface area contributed by atoms with E-state index in [-0.39, 0.29) is 23.3 Å². The van der Waals surface area contributed by atoms with E-state index in [1.54, 1.807) is 0 Å². The van der Waals surface area contributed by atoms with Crippen LogP contribution < -0.4 is 0 Å². The van der Waals surface area contributed by atoms with Crippen molar-refractivity contribution in [3.8, 4) is 0 Å². The molecule has 0 unspecified atom stereocenters. The second-order valence-corrected chi connectivity index (χ2v) is 5.48. The lowest BCUT2D eigenvalue weighted by Gasteiger charge is -2.32. The molecule has 0 aromatic carbocycles. The fourth-order valence-electron chi connectivity index (χ4n) is 1.71. The van der Waals surface area contributed by atoms with E-state index in [9.17, 15) is 9.59 Å². The monoisotopic (exact) mass is 227 g/mol. The van der Waals surface area contributed by atoms with Gasteiger partial charge in [0.2, 0.25) is 5.91 Å². The number of rotatable bonds is 2. The summed E-state index contributed by atoms with van der Waals surface area (Å²) >= 11 is 0. The average Bonchev–Trinajstić information content (AvgIpc) is 2.57. The molecule has 0 aromatic heterocycles. The van der Waals surface area contributed by atoms with Crippen LogP contribution in [0.3, 0.4) is 0 Å². The first-order valence-electron chi connectivity index (χ1n) is 5.78. The lowest BCUT2D eigenvalue weighted by Crippen LogP contribution is -2.47. The summed E-state index contributed by atoms with van der Waals surface area (Å²) in [6, 6.07) is -0.151. The minimum absolute atomic E-state index is 0.120. The molecule has 0 aromatic rings. The van der Waals surface area contributed by atoms with Gasteiger partial charge in [-0.3, -0.25) is 4.79 Å². The van der Waals surface area contributed by atoms with Crippen molar-refractivity contribution < 1.29 is 14.3 Å². The highest BCUT2D eigenvalue weighted by Gasteiger charge is 2.44. The van der Waals surface area contributed by atoms with Crippen LogP contribution in [0.5, 0.6) is 0 Å². The van der Waals surface area contributed by atoms with Gasteiger partial charge in [0, 0.05) is 5.92 Å². The van der Waals surface area contributed by atoms with Crippen LogP contribution in [0, 0.1) is 11.3 Å². The molecular weight excluding hydrogens is 206 g/mol. The van der Waals surface area contributed by atoms with Crippen LogP contribution in [0.25, 0.3) is 0 Å². The summed E-state index contributed by atoms with van der Waals surface area (Å²) in [7, 11) is 0. The number of hydrogen-bond donors (Lipinski definition) is 0. The molecule has 0 spiro atoms. The first kappa shape index (κ1) is 13.0. The molecule has 0 aliphatic carbocycles. The molecular formula is C12H21NO3. The molecule has 0 radical (unpaired) electrons. The standard InChI is InChI=1S/C12H21NO3/c1-6-8(2)10(14)13-9(12(3,4)5)7-16-11(13)15/h8-9H,6-7H2,1-5H3/t8-,9+/m0/s1. The molecule has 1 fully saturated rings. The predicted molar refractivity (Wildman–Crippen MR) is 60.9 cm³/mol. The zero-order valence-electron chi connectivity index (χ0n) is 10.7. The van der Waals surface area contributed by atoms with Gasteiger partial charge in [0.1, 0.15) is 6.61 Å². The maximum absolute atomic E-state index is 12.1. The number of carbonyl (C=O) groups is 2. The molecule has 0 saturated carbocycles. The molecule has 1 rings (SSSR count). The number of carbonyl (C=O) groups excluding carboxylic acids is 2. The molecule has 4 heteroatoms. The van der Waals surface area contributed by atoms with E-state index in [2.05, 4.69) is 0 Å². The minimum atomic E-state index is -0.495. The zero-order valence-corrected chi connectivity index (χ0v) is 10.7. The van der Waals surface area contributed by atoms with Gasteiger partial charge >= 0.3 is 6.09 Å². The molecule has 0 bridgehead atoms. The maximum Gasteiger partial charge on any atom is 0.417 e. The Kier molecular flexibility index (Phi) is 3.61. The molecule has 2 atom stereocenters. The SMILES string of the molecule is CC[C@H](C)C(=O)N1C(=O)OC[C@@H]1C(C)(C)C. The van der Waals surface area contributed by atoms with Crippen LogP contribution in [-0.2, 0) is 9.53 Å². The van der Waals surface area contributed by atoms with Crippen LogP contribution in [0.15, 0.2) is 0 Å². The Hall–Kier alpha value is -1.06. The maximum atomic E-state index is 12.1. The number of imide groups is 1. The van der Waals surface area contributed by atoms with E-state index < -0.39 is 6.09 Å². The number of hydrogen-bond acceptors (Lipinski definition) is 3. The Bertz CT molecular complexity index is 293. The van der Waals surface area contributed by atoms with Crippen molar-refractivity contribution in [3.05, 3.63) is 0 Å². The molecule has 16 heavy (non-hydrogen) atoms. The van der Waals surface area contributed by atoms with Crippen LogP contribution >= 0.6 is 0 Å². The lowest BCUT2D eigenvalue weighted by atomic mass is 9.86. The highest BCUT2D eigenvalue weighted by atomic mass is 16.6. The number of nitrogens with zero attached hydrogens (tertiary/aromatic N) is 1. The van der Waals surface area contributed by atoms with Crippen LogP contribution in [-0.4, -0.2) is 29.5 Å². The van der Waals surface area contributed by atoms with Crippen LogP contribution in [0.4, 0.5) is 4.79 Å². The van der Waals surface area contributed by atoms with Crippen LogP contribution in [0.1, 0.15) is 41.0 Å². The number of amides is 2. The van der Waals surface area contributed by atoms with E-state index in [0.29, 0.717) is 6.61 Å². The Morgan fingerprint density at radius 2 is 2.12 bits per heavy atom. The summed E-state index contributed by atoms with van der Waals surface area (Å²) in [4.78, 5) is 24.9. The smallest absolute Gasteiger partial charge is 0.417 e. The van der Waals surface area contributed by atoms with Crippen LogP contribution in [0.2, 0.25) is 0 Å². The van der Waals surface area contributed by atoms with Gasteiger partial charge in [-0.2, -0.15) is 0 Å². The Labute approximate surface area is 96.9 Å². The first-order valence-corrected chi connectivity index (χ1v) is 5.78. The third-order valence-corrected chi connectivity index (χ3v) is 3.14. The summed E-state index contributed by atoms with van der Waals surface area (Å²) in [5.41, 5.74) is -0.144. The lowest BCUT2D eigenvalue weighted by molar-refractivity contribution is -0.134. The van der Waals surface area contributed by atoms with Crippen molar-refractivity contribution in [1.82, 2.24) is 4.90 Å². The van der Waals surface area contributed by atoms with Crippen molar-refractivity contribution in [3.63, 3.8) is 0 Å². The molecule has 1 aliphatic heterocycles. The fraction of sp³-hybridized carbons (Fsp3) is 0.833. The minimum Gasteiger partial charge on any atom is -0.447 e. The third kappa shape index (κ3) is 2.36. The third-order valence-electron chi connectivity index (χ3n) is 3.14. The highest BCUT2D eigenvalue weighted by Crippen LogP contribution is 2.30. The van der Waals surface area contributed by atoms with Gasteiger partial charge in [0.15, 0.2) is 0 Å². The molecule has 2 amide bonds. The Morgan fingerprint density at radius 3 is 2.56 bits per heavy atom. The second-order valence-electron chi connectivity index (χ2n) is 5.48. The molecule has 4 nitrogen and oxygen atoms in total. The topological polar surface area (TPSA) is 46.6 Å². The van der Waals surface area contributed by atoms with Gasteiger partial charge in [-0.15, -0.1) is 0 Å². The van der Waals surface area contributed by atoms with Crippen molar-refractivity contribution >= 4 is 12.0 Å². The Balaban J connectivity index is 2.90. The van der Waals surface area contributed by atoms with Gasteiger partial charge in [0.25, 0.3) is 0 Å². The van der Waals surface area contributed by atoms with Gasteiger partial charge < -0.3 is 4.74 Å². The summed E-state index contributed by atoms with van der Waals surface area (Å²) < 4.78 is 4.99. The van der Waals surface area contributed by atoms with Crippen molar-refractivity contribution in [1.29, 1.82) is 0 Å². The van der Waals surface area contributed by atoms with Crippen molar-refractivity contribution in [2.75, 3.05) is 6.61 Å². The van der Waals surface area contributed by atoms with E-state index in [1.807, 2.05) is 34.6 Å². The quantitative estimate of drug-likeness (QED) is 0.727. The first-order chi connectivity index (χ1) is 7.29. The van der Waals surface area contributed by atoms with Gasteiger partial charge in [-0.25, -0.2) is 9.69 Å². The molecule has 1 saturated heterocycles. The molecule has 1 heterocycles. The number of ether oxygens (including phenoxy) is 1. The van der Waals surface area contributed by atoms with Gasteiger partial charge in [-0.05, 0) is 11.8 Å².